The largest absolute Gasteiger partial charge is 0.366 e. The Kier molecular flexibility index (Phi) is 4.39. The number of rotatable bonds is 3. The molecule has 3 aromatic rings. The molecule has 4 nitrogen and oxygen atoms in total. The lowest BCUT2D eigenvalue weighted by Gasteiger charge is -2.46. The first kappa shape index (κ1) is 17.9. The average molecular weight is 361 g/mol. The van der Waals surface area contributed by atoms with Crippen molar-refractivity contribution in [1.29, 1.82) is 0 Å². The van der Waals surface area contributed by atoms with Crippen LogP contribution in [-0.4, -0.2) is 27.3 Å². The molecular weight excluding hydrogens is 332 g/mol. The average Bonchev–Trinajstić information content (AvgIpc) is 2.59. The smallest absolute Gasteiger partial charge is 0.149 e. The Morgan fingerprint density at radius 2 is 1.59 bits per heavy atom. The lowest BCUT2D eigenvalue weighted by Crippen LogP contribution is -2.60. The summed E-state index contributed by atoms with van der Waals surface area (Å²) in [6, 6.07) is 17.4. The number of fused-ring (bicyclic) bond motifs is 1. The summed E-state index contributed by atoms with van der Waals surface area (Å²) in [7, 11) is 0. The van der Waals surface area contributed by atoms with Gasteiger partial charge >= 0.3 is 0 Å². The summed E-state index contributed by atoms with van der Waals surface area (Å²) in [6.45, 7) is 9.05. The number of aromatic nitrogens is 2. The standard InChI is InChI=1S/C23H28N4/c1-22(2)13-20(14-23(3,4)27-22)25-21-12-19(15-24-26-21)18-10-9-16-7-5-6-8-17(16)11-18/h5-12,15,20,27H,13-14H2,1-4H3,(H,25,26). The van der Waals surface area contributed by atoms with Gasteiger partial charge in [-0.25, -0.2) is 0 Å². The molecule has 140 valence electrons. The molecule has 1 aromatic heterocycles. The first-order valence-corrected chi connectivity index (χ1v) is 9.68. The summed E-state index contributed by atoms with van der Waals surface area (Å²) >= 11 is 0. The van der Waals surface area contributed by atoms with Gasteiger partial charge in [0.15, 0.2) is 0 Å². The van der Waals surface area contributed by atoms with Gasteiger partial charge in [0.25, 0.3) is 0 Å². The van der Waals surface area contributed by atoms with Gasteiger partial charge in [0.1, 0.15) is 5.82 Å². The molecule has 4 rings (SSSR count). The minimum atomic E-state index is 0.100. The van der Waals surface area contributed by atoms with Gasteiger partial charge in [0.2, 0.25) is 0 Å². The van der Waals surface area contributed by atoms with Crippen LogP contribution in [0.25, 0.3) is 21.9 Å². The van der Waals surface area contributed by atoms with Crippen LogP contribution in [0.15, 0.2) is 54.7 Å². The van der Waals surface area contributed by atoms with E-state index >= 15 is 0 Å². The predicted molar refractivity (Wildman–Crippen MR) is 113 cm³/mol. The molecule has 0 aliphatic carbocycles. The molecule has 2 heterocycles. The Labute approximate surface area is 161 Å². The predicted octanol–water partition coefficient (Wildman–Crippen LogP) is 5.02. The molecule has 27 heavy (non-hydrogen) atoms. The van der Waals surface area contributed by atoms with Crippen molar-refractivity contribution in [3.05, 3.63) is 54.7 Å². The highest BCUT2D eigenvalue weighted by molar-refractivity contribution is 5.87. The van der Waals surface area contributed by atoms with Gasteiger partial charge in [-0.3, -0.25) is 0 Å². The summed E-state index contributed by atoms with van der Waals surface area (Å²) < 4.78 is 0. The third-order valence-electron chi connectivity index (χ3n) is 5.28. The van der Waals surface area contributed by atoms with Crippen LogP contribution in [0.3, 0.4) is 0 Å². The highest BCUT2D eigenvalue weighted by Gasteiger charge is 2.37. The molecule has 0 saturated carbocycles. The third-order valence-corrected chi connectivity index (χ3v) is 5.28. The van der Waals surface area contributed by atoms with Crippen molar-refractivity contribution in [3.63, 3.8) is 0 Å². The zero-order chi connectivity index (χ0) is 19.1. The van der Waals surface area contributed by atoms with Crippen LogP contribution in [0.5, 0.6) is 0 Å². The Bertz CT molecular complexity index is 945. The molecule has 1 fully saturated rings. The highest BCUT2D eigenvalue weighted by Crippen LogP contribution is 2.31. The molecular formula is C23H28N4. The number of benzene rings is 2. The monoisotopic (exact) mass is 360 g/mol. The molecule has 2 N–H and O–H groups in total. The third kappa shape index (κ3) is 4.11. The summed E-state index contributed by atoms with van der Waals surface area (Å²) in [5, 5.41) is 18.4. The van der Waals surface area contributed by atoms with Gasteiger partial charge in [0, 0.05) is 22.7 Å². The van der Waals surface area contributed by atoms with Crippen molar-refractivity contribution in [2.24, 2.45) is 0 Å². The molecule has 0 unspecified atom stereocenters. The van der Waals surface area contributed by atoms with Gasteiger partial charge in [0.05, 0.1) is 6.20 Å². The minimum Gasteiger partial charge on any atom is -0.366 e. The van der Waals surface area contributed by atoms with Crippen LogP contribution in [0, 0.1) is 0 Å². The molecule has 0 amide bonds. The van der Waals surface area contributed by atoms with E-state index in [-0.39, 0.29) is 11.1 Å². The number of nitrogens with zero attached hydrogens (tertiary/aromatic N) is 2. The molecule has 0 atom stereocenters. The van der Waals surface area contributed by atoms with E-state index < -0.39 is 0 Å². The van der Waals surface area contributed by atoms with Crippen LogP contribution in [0.2, 0.25) is 0 Å². The van der Waals surface area contributed by atoms with Crippen molar-refractivity contribution in [2.45, 2.75) is 57.7 Å². The van der Waals surface area contributed by atoms with Crippen LogP contribution in [0.1, 0.15) is 40.5 Å². The fourth-order valence-corrected chi connectivity index (χ4v) is 4.60. The first-order valence-electron chi connectivity index (χ1n) is 9.68. The van der Waals surface area contributed by atoms with Crippen molar-refractivity contribution in [1.82, 2.24) is 15.5 Å². The molecule has 1 aliphatic rings. The molecule has 1 aliphatic heterocycles. The van der Waals surface area contributed by atoms with Crippen LogP contribution < -0.4 is 10.6 Å². The summed E-state index contributed by atoms with van der Waals surface area (Å²) in [4.78, 5) is 0. The lowest BCUT2D eigenvalue weighted by atomic mass is 9.79. The Balaban J connectivity index is 1.58. The summed E-state index contributed by atoms with van der Waals surface area (Å²) in [6.07, 6.45) is 3.95. The van der Waals surface area contributed by atoms with Crippen LogP contribution >= 0.6 is 0 Å². The number of hydrogen-bond donors (Lipinski definition) is 2. The fourth-order valence-electron chi connectivity index (χ4n) is 4.60. The number of anilines is 1. The lowest BCUT2D eigenvalue weighted by molar-refractivity contribution is 0.170. The van der Waals surface area contributed by atoms with Gasteiger partial charge < -0.3 is 10.6 Å². The Morgan fingerprint density at radius 3 is 2.33 bits per heavy atom. The quantitative estimate of drug-likeness (QED) is 0.689. The zero-order valence-electron chi connectivity index (χ0n) is 16.6. The van der Waals surface area contributed by atoms with Gasteiger partial charge in [-0.1, -0.05) is 36.4 Å². The van der Waals surface area contributed by atoms with E-state index in [0.717, 1.165) is 29.8 Å². The second-order valence-electron chi connectivity index (χ2n) is 9.03. The van der Waals surface area contributed by atoms with E-state index in [2.05, 4.69) is 97.1 Å². The van der Waals surface area contributed by atoms with Gasteiger partial charge in [-0.05, 0) is 69.0 Å². The second kappa shape index (κ2) is 6.61. The van der Waals surface area contributed by atoms with E-state index in [1.807, 2.05) is 6.20 Å². The van der Waals surface area contributed by atoms with E-state index in [0.29, 0.717) is 6.04 Å². The van der Waals surface area contributed by atoms with Crippen molar-refractivity contribution in [3.8, 4) is 11.1 Å². The normalized spacial score (nSPS) is 19.1. The molecule has 0 bridgehead atoms. The van der Waals surface area contributed by atoms with E-state index in [1.54, 1.807) is 0 Å². The molecule has 1 saturated heterocycles. The molecule has 2 aromatic carbocycles. The second-order valence-corrected chi connectivity index (χ2v) is 9.03. The fraction of sp³-hybridized carbons (Fsp3) is 0.391. The maximum Gasteiger partial charge on any atom is 0.149 e. The van der Waals surface area contributed by atoms with Crippen molar-refractivity contribution in [2.75, 3.05) is 5.32 Å². The minimum absolute atomic E-state index is 0.100. The maximum atomic E-state index is 4.34. The maximum absolute atomic E-state index is 4.34. The number of nitrogens with one attached hydrogen (secondary N) is 2. The molecule has 0 spiro atoms. The Morgan fingerprint density at radius 1 is 0.889 bits per heavy atom. The number of piperidine rings is 1. The van der Waals surface area contributed by atoms with Crippen LogP contribution in [-0.2, 0) is 0 Å². The Hall–Kier alpha value is -2.46. The SMILES string of the molecule is CC1(C)CC(Nc2cc(-c3ccc4ccccc4c3)cnn2)CC(C)(C)N1. The summed E-state index contributed by atoms with van der Waals surface area (Å²) in [5.74, 6) is 0.846. The first-order chi connectivity index (χ1) is 12.8. The topological polar surface area (TPSA) is 49.8 Å². The highest BCUT2D eigenvalue weighted by atomic mass is 15.2. The molecule has 4 heteroatoms. The molecule has 0 radical (unpaired) electrons. The van der Waals surface area contributed by atoms with Crippen LogP contribution in [0.4, 0.5) is 5.82 Å². The number of hydrogen-bond acceptors (Lipinski definition) is 4. The summed E-state index contributed by atoms with van der Waals surface area (Å²) in [5.41, 5.74) is 2.45. The van der Waals surface area contributed by atoms with E-state index in [1.165, 1.54) is 10.8 Å². The van der Waals surface area contributed by atoms with Gasteiger partial charge in [-0.15, -0.1) is 5.10 Å². The zero-order valence-corrected chi connectivity index (χ0v) is 16.6. The van der Waals surface area contributed by atoms with Crippen molar-refractivity contribution >= 4 is 16.6 Å². The van der Waals surface area contributed by atoms with Crippen molar-refractivity contribution < 1.29 is 0 Å². The van der Waals surface area contributed by atoms with E-state index in [4.69, 9.17) is 0 Å². The van der Waals surface area contributed by atoms with Gasteiger partial charge in [-0.2, -0.15) is 5.10 Å². The van der Waals surface area contributed by atoms with E-state index in [9.17, 15) is 0 Å².